The first-order valence-electron chi connectivity index (χ1n) is 11.2. The van der Waals surface area contributed by atoms with Gasteiger partial charge in [0.15, 0.2) is 5.78 Å². The Labute approximate surface area is 192 Å². The lowest BCUT2D eigenvalue weighted by Crippen LogP contribution is -2.36. The number of carbonyl (C=O) groups excluding carboxylic acids is 1. The number of halogens is 1. The number of fused-ring (bicyclic) bond motifs is 3. The van der Waals surface area contributed by atoms with Crippen LogP contribution in [0, 0.1) is 18.3 Å². The van der Waals surface area contributed by atoms with Crippen molar-refractivity contribution >= 4 is 28.3 Å². The molecule has 2 saturated heterocycles. The van der Waals surface area contributed by atoms with Crippen molar-refractivity contribution in [1.82, 2.24) is 9.47 Å². The Morgan fingerprint density at radius 2 is 2.00 bits per heavy atom. The van der Waals surface area contributed by atoms with E-state index >= 15 is 0 Å². The number of hydrogen-bond donors (Lipinski definition) is 1. The van der Waals surface area contributed by atoms with Gasteiger partial charge in [-0.25, -0.2) is 0 Å². The summed E-state index contributed by atoms with van der Waals surface area (Å²) in [5.74, 6) is 0.0935. The van der Waals surface area contributed by atoms with Crippen molar-refractivity contribution < 1.29 is 9.90 Å². The Hall–Kier alpha value is -2.65. The minimum atomic E-state index is -0.319. The quantitative estimate of drug-likeness (QED) is 0.549. The zero-order valence-corrected chi connectivity index (χ0v) is 18.8. The molecule has 3 atom stereocenters. The van der Waals surface area contributed by atoms with Crippen LogP contribution in [0.2, 0.25) is 5.02 Å². The zero-order chi connectivity index (χ0) is 22.4. The molecule has 2 unspecified atom stereocenters. The van der Waals surface area contributed by atoms with Gasteiger partial charge in [0.2, 0.25) is 0 Å². The van der Waals surface area contributed by atoms with Crippen LogP contribution < -0.4 is 0 Å². The number of benzene rings is 2. The molecule has 0 radical (unpaired) electrons. The van der Waals surface area contributed by atoms with Crippen LogP contribution in [0.25, 0.3) is 16.6 Å². The lowest BCUT2D eigenvalue weighted by atomic mass is 9.98. The molecule has 0 aliphatic carbocycles. The molecule has 1 N–H and O–H groups in total. The van der Waals surface area contributed by atoms with Gasteiger partial charge < -0.3 is 9.67 Å². The molecule has 0 saturated carbocycles. The summed E-state index contributed by atoms with van der Waals surface area (Å²) in [7, 11) is 0. The molecular formula is C26H26ClN3O2. The van der Waals surface area contributed by atoms with Gasteiger partial charge in [-0.1, -0.05) is 23.7 Å². The number of ketones is 1. The lowest BCUT2D eigenvalue weighted by molar-refractivity contribution is 0.0874. The minimum Gasteiger partial charge on any atom is -0.391 e. The summed E-state index contributed by atoms with van der Waals surface area (Å²) in [6.45, 7) is 2.33. The monoisotopic (exact) mass is 447 g/mol. The molecule has 2 fully saturated rings. The van der Waals surface area contributed by atoms with E-state index < -0.39 is 0 Å². The van der Waals surface area contributed by atoms with Crippen LogP contribution in [0.3, 0.4) is 0 Å². The Bertz CT molecular complexity index is 1220. The third-order valence-corrected chi connectivity index (χ3v) is 7.39. The SMILES string of the molecule is Cc1c(C(=O)CN2C3CCC2[C@@H](O)C3)c2ccc(CCC#N)cc2n1-c1ccc(Cl)cc1. The van der Waals surface area contributed by atoms with E-state index in [0.717, 1.165) is 52.7 Å². The number of aromatic nitrogens is 1. The summed E-state index contributed by atoms with van der Waals surface area (Å²) in [6, 6.07) is 16.4. The molecule has 0 spiro atoms. The highest BCUT2D eigenvalue weighted by Gasteiger charge is 2.46. The molecule has 6 heteroatoms. The fraction of sp³-hybridized carbons (Fsp3) is 0.385. The normalized spacial score (nSPS) is 22.5. The second-order valence-corrected chi connectivity index (χ2v) is 9.42. The topological polar surface area (TPSA) is 69.3 Å². The van der Waals surface area contributed by atoms with Crippen LogP contribution in [0.15, 0.2) is 42.5 Å². The number of Topliss-reactive ketones (excluding diaryl/α,β-unsaturated/α-hetero) is 1. The van der Waals surface area contributed by atoms with Crippen LogP contribution in [0.5, 0.6) is 0 Å². The van der Waals surface area contributed by atoms with Crippen LogP contribution >= 0.6 is 11.6 Å². The summed E-state index contributed by atoms with van der Waals surface area (Å²) in [6.07, 6.45) is 3.61. The summed E-state index contributed by atoms with van der Waals surface area (Å²) in [5.41, 5.74) is 4.63. The zero-order valence-electron chi connectivity index (χ0n) is 18.1. The van der Waals surface area contributed by atoms with Gasteiger partial charge in [-0.2, -0.15) is 5.26 Å². The molecule has 0 amide bonds. The number of nitrogens with zero attached hydrogens (tertiary/aromatic N) is 3. The van der Waals surface area contributed by atoms with Gasteiger partial charge in [-0.05, 0) is 68.5 Å². The molecule has 5 rings (SSSR count). The van der Waals surface area contributed by atoms with Gasteiger partial charge >= 0.3 is 0 Å². The number of hydrogen-bond acceptors (Lipinski definition) is 4. The molecule has 5 nitrogen and oxygen atoms in total. The van der Waals surface area contributed by atoms with E-state index in [0.29, 0.717) is 30.5 Å². The highest BCUT2D eigenvalue weighted by molar-refractivity contribution is 6.30. The number of carbonyl (C=O) groups is 1. The molecule has 2 aliphatic heterocycles. The van der Waals surface area contributed by atoms with E-state index in [1.165, 1.54) is 0 Å². The van der Waals surface area contributed by atoms with Crippen molar-refractivity contribution in [3.63, 3.8) is 0 Å². The van der Waals surface area contributed by atoms with Crippen molar-refractivity contribution in [2.45, 2.75) is 57.2 Å². The maximum atomic E-state index is 13.6. The molecule has 2 aliphatic rings. The largest absolute Gasteiger partial charge is 0.391 e. The second kappa shape index (κ2) is 8.37. The van der Waals surface area contributed by atoms with E-state index in [-0.39, 0.29) is 17.9 Å². The highest BCUT2D eigenvalue weighted by atomic mass is 35.5. The van der Waals surface area contributed by atoms with Crippen LogP contribution in [-0.4, -0.2) is 45.1 Å². The minimum absolute atomic E-state index is 0.0935. The number of rotatable bonds is 6. The van der Waals surface area contributed by atoms with Crippen molar-refractivity contribution in [2.24, 2.45) is 0 Å². The number of aliphatic hydroxyl groups is 1. The first kappa shape index (κ1) is 21.2. The molecule has 1 aromatic heterocycles. The first-order valence-corrected chi connectivity index (χ1v) is 11.6. The second-order valence-electron chi connectivity index (χ2n) is 8.98. The lowest BCUT2D eigenvalue weighted by Gasteiger charge is -2.21. The number of nitriles is 1. The van der Waals surface area contributed by atoms with Crippen molar-refractivity contribution in [2.75, 3.05) is 6.54 Å². The van der Waals surface area contributed by atoms with Gasteiger partial charge in [-0.3, -0.25) is 9.69 Å². The molecule has 3 aromatic rings. The highest BCUT2D eigenvalue weighted by Crippen LogP contribution is 2.38. The molecule has 3 heterocycles. The Morgan fingerprint density at radius 3 is 2.66 bits per heavy atom. The molecule has 2 aromatic carbocycles. The summed E-state index contributed by atoms with van der Waals surface area (Å²) < 4.78 is 2.11. The average Bonchev–Trinajstić information content (AvgIpc) is 3.40. The van der Waals surface area contributed by atoms with Crippen molar-refractivity contribution in [1.29, 1.82) is 5.26 Å². The molecule has 2 bridgehead atoms. The standard InChI is InChI=1S/C26H26ClN3O2/c1-16-26(25(32)15-29-20-9-11-22(29)24(31)14-20)21-10-4-17(3-2-12-28)13-23(21)30(16)19-7-5-18(27)6-8-19/h4-8,10,13,20,22,24,31H,2-3,9,11,14-15H2,1H3/t20?,22?,24-/m0/s1. The van der Waals surface area contributed by atoms with Gasteiger partial charge in [0, 0.05) is 45.9 Å². The fourth-order valence-corrected chi connectivity index (χ4v) is 5.78. The van der Waals surface area contributed by atoms with Crippen molar-refractivity contribution in [3.8, 4) is 11.8 Å². The van der Waals surface area contributed by atoms with Gasteiger partial charge in [-0.15, -0.1) is 0 Å². The van der Waals surface area contributed by atoms with E-state index in [2.05, 4.69) is 21.6 Å². The summed E-state index contributed by atoms with van der Waals surface area (Å²) in [4.78, 5) is 15.8. The Kier molecular flexibility index (Phi) is 5.54. The van der Waals surface area contributed by atoms with E-state index in [1.54, 1.807) is 0 Å². The van der Waals surface area contributed by atoms with E-state index in [1.807, 2.05) is 43.3 Å². The third kappa shape index (κ3) is 3.53. The summed E-state index contributed by atoms with van der Waals surface area (Å²) in [5, 5.41) is 20.9. The Balaban J connectivity index is 1.59. The predicted octanol–water partition coefficient (Wildman–Crippen LogP) is 4.83. The van der Waals surface area contributed by atoms with Crippen LogP contribution in [0.1, 0.15) is 47.3 Å². The van der Waals surface area contributed by atoms with Crippen LogP contribution in [0.4, 0.5) is 0 Å². The molecule has 32 heavy (non-hydrogen) atoms. The van der Waals surface area contributed by atoms with Gasteiger partial charge in [0.05, 0.1) is 24.2 Å². The average molecular weight is 448 g/mol. The molecule has 164 valence electrons. The van der Waals surface area contributed by atoms with Gasteiger partial charge in [0.25, 0.3) is 0 Å². The number of aliphatic hydroxyl groups excluding tert-OH is 1. The maximum Gasteiger partial charge on any atom is 0.179 e. The fourth-order valence-electron chi connectivity index (χ4n) is 5.65. The first-order chi connectivity index (χ1) is 15.5. The molecular weight excluding hydrogens is 422 g/mol. The van der Waals surface area contributed by atoms with Crippen LogP contribution in [-0.2, 0) is 6.42 Å². The van der Waals surface area contributed by atoms with E-state index in [9.17, 15) is 9.90 Å². The van der Waals surface area contributed by atoms with E-state index in [4.69, 9.17) is 16.9 Å². The van der Waals surface area contributed by atoms with Gasteiger partial charge in [0.1, 0.15) is 0 Å². The number of aryl methyl sites for hydroxylation is 1. The van der Waals surface area contributed by atoms with Crippen molar-refractivity contribution in [3.05, 3.63) is 64.3 Å². The predicted molar refractivity (Wildman–Crippen MR) is 125 cm³/mol. The maximum absolute atomic E-state index is 13.6. The third-order valence-electron chi connectivity index (χ3n) is 7.13. The smallest absolute Gasteiger partial charge is 0.179 e. The summed E-state index contributed by atoms with van der Waals surface area (Å²) >= 11 is 6.12. The Morgan fingerprint density at radius 1 is 1.22 bits per heavy atom.